The van der Waals surface area contributed by atoms with Crippen LogP contribution in [0.4, 0.5) is 34.1 Å². The predicted octanol–water partition coefficient (Wildman–Crippen LogP) is 20.0. The molecular formula is C72H66N2O2Si3. The fraction of sp³-hybridized carbons (Fsp3) is 0.139. The van der Waals surface area contributed by atoms with Crippen molar-refractivity contribution in [3.8, 4) is 22.3 Å². The van der Waals surface area contributed by atoms with Gasteiger partial charge in [0.1, 0.15) is 11.2 Å². The Hall–Kier alpha value is -8.21. The minimum Gasteiger partial charge on any atom is -0.452 e. The summed E-state index contributed by atoms with van der Waals surface area (Å²) in [6.07, 6.45) is 0. The summed E-state index contributed by atoms with van der Waals surface area (Å²) in [7, 11) is -4.51. The Balaban J connectivity index is 1.03. The van der Waals surface area contributed by atoms with Crippen molar-refractivity contribution in [2.45, 2.75) is 65.8 Å². The molecule has 0 fully saturated rings. The van der Waals surface area contributed by atoms with Gasteiger partial charge >= 0.3 is 0 Å². The minimum absolute atomic E-state index is 0.749. The number of furan rings is 2. The molecule has 2 aromatic heterocycles. The van der Waals surface area contributed by atoms with Crippen LogP contribution < -0.4 is 25.4 Å². The van der Waals surface area contributed by atoms with Gasteiger partial charge < -0.3 is 18.6 Å². The first-order chi connectivity index (χ1) is 37.9. The number of anilines is 6. The Morgan fingerprint density at radius 3 is 0.949 bits per heavy atom. The SMILES string of the molecule is Cc1ccc(N(c2ccc([Si](C)(C)C)cc2)c2ccc3cc4c(cc3c2)oc2c3oc5cc6cc(N(c7ccc([Si](C)(C)C)cc7)c7ccc([Si](C)(C)C)cc7)ccc6cc5c3c(-c3ccccc3)c(-c3ccccc3)c42)cc1. The molecule has 0 aliphatic carbocycles. The van der Waals surface area contributed by atoms with Gasteiger partial charge in [-0.3, -0.25) is 0 Å². The van der Waals surface area contributed by atoms with Gasteiger partial charge in [-0.2, -0.15) is 0 Å². The van der Waals surface area contributed by atoms with Crippen molar-refractivity contribution in [1.29, 1.82) is 0 Å². The van der Waals surface area contributed by atoms with Gasteiger partial charge in [-0.1, -0.05) is 201 Å². The van der Waals surface area contributed by atoms with Crippen molar-refractivity contribution in [2.75, 3.05) is 9.80 Å². The lowest BCUT2D eigenvalue weighted by molar-refractivity contribution is 0.634. The van der Waals surface area contributed by atoms with Gasteiger partial charge in [0.05, 0.1) is 24.2 Å². The van der Waals surface area contributed by atoms with Crippen molar-refractivity contribution in [2.24, 2.45) is 0 Å². The van der Waals surface area contributed by atoms with E-state index in [1.165, 1.54) is 21.1 Å². The van der Waals surface area contributed by atoms with Gasteiger partial charge in [0.25, 0.3) is 0 Å². The Labute approximate surface area is 467 Å². The first kappa shape index (κ1) is 50.3. The Kier molecular flexibility index (Phi) is 12.1. The maximum absolute atomic E-state index is 7.30. The van der Waals surface area contributed by atoms with Gasteiger partial charge in [0, 0.05) is 66.8 Å². The summed E-state index contributed by atoms with van der Waals surface area (Å²) < 4.78 is 14.6. The third-order valence-corrected chi connectivity index (χ3v) is 22.3. The zero-order chi connectivity index (χ0) is 54.5. The number of fused-ring (bicyclic) bond motifs is 9. The molecule has 0 aliphatic heterocycles. The van der Waals surface area contributed by atoms with E-state index in [9.17, 15) is 0 Å². The summed E-state index contributed by atoms with van der Waals surface area (Å²) in [5.41, 5.74) is 15.6. The monoisotopic (exact) mass is 1070 g/mol. The zero-order valence-electron chi connectivity index (χ0n) is 47.0. The van der Waals surface area contributed by atoms with Crippen LogP contribution in [0.15, 0.2) is 227 Å². The van der Waals surface area contributed by atoms with Gasteiger partial charge in [0.2, 0.25) is 0 Å². The summed E-state index contributed by atoms with van der Waals surface area (Å²) in [5.74, 6) is 0. The summed E-state index contributed by atoms with van der Waals surface area (Å²) in [4.78, 5) is 4.77. The summed E-state index contributed by atoms with van der Waals surface area (Å²) in [6, 6.07) is 81.2. The van der Waals surface area contributed by atoms with Crippen molar-refractivity contribution in [1.82, 2.24) is 0 Å². The number of hydrogen-bond donors (Lipinski definition) is 0. The molecule has 0 N–H and O–H groups in total. The van der Waals surface area contributed by atoms with Crippen LogP contribution in [0, 0.1) is 6.92 Å². The van der Waals surface area contributed by atoms with Gasteiger partial charge in [0.15, 0.2) is 11.2 Å². The van der Waals surface area contributed by atoms with Crippen molar-refractivity contribution < 1.29 is 8.83 Å². The molecule has 0 atom stereocenters. The molecule has 4 nitrogen and oxygen atoms in total. The second-order valence-corrected chi connectivity index (χ2v) is 40.0. The smallest absolute Gasteiger partial charge is 0.179 e. The fourth-order valence-corrected chi connectivity index (χ4v) is 15.2. The standard InChI is InChI=1S/C72H66N2O2Si3/c1-47-21-25-54(26-22-47)73(55-29-35-60(36-30-55)77(2,3)4)58-27-23-50-43-63-65(45-52(50)41-58)75-71-69(63)67(48-17-13-11-14-18-48)68(49-19-15-12-16-20-49)70-64-44-51-24-28-59(42-53(51)46-66(64)76-72(70)71)74(56-31-37-61(38-32-56)78(5,6)7)57-33-39-62(40-34-57)79(8,9)10/h11-46H,1-10H3. The van der Waals surface area contributed by atoms with Crippen LogP contribution in [-0.4, -0.2) is 24.2 Å². The number of hydrogen-bond acceptors (Lipinski definition) is 4. The van der Waals surface area contributed by atoms with Crippen LogP contribution in [0.1, 0.15) is 5.56 Å². The van der Waals surface area contributed by atoms with E-state index in [0.29, 0.717) is 0 Å². The average Bonchev–Trinajstić information content (AvgIpc) is 3.49. The largest absolute Gasteiger partial charge is 0.452 e. The summed E-state index contributed by atoms with van der Waals surface area (Å²) in [6.45, 7) is 23.8. The molecule has 0 bridgehead atoms. The second kappa shape index (κ2) is 19.0. The molecule has 0 unspecified atom stereocenters. The molecule has 11 aromatic carbocycles. The van der Waals surface area contributed by atoms with Gasteiger partial charge in [-0.25, -0.2) is 0 Å². The van der Waals surface area contributed by atoms with E-state index in [2.05, 4.69) is 294 Å². The average molecular weight is 1080 g/mol. The molecule has 0 saturated carbocycles. The minimum atomic E-state index is -1.51. The number of nitrogens with zero attached hydrogens (tertiary/aromatic N) is 2. The maximum atomic E-state index is 7.30. The number of rotatable bonds is 11. The fourth-order valence-electron chi connectivity index (χ4n) is 11.7. The highest BCUT2D eigenvalue weighted by molar-refractivity contribution is 6.89. The van der Waals surface area contributed by atoms with Crippen LogP contribution in [0.3, 0.4) is 0 Å². The summed E-state index contributed by atoms with van der Waals surface area (Å²) in [5, 5.41) is 13.0. The van der Waals surface area contributed by atoms with E-state index in [1.54, 1.807) is 0 Å². The second-order valence-electron chi connectivity index (χ2n) is 24.8. The lowest BCUT2D eigenvalue weighted by atomic mass is 9.87. The molecule has 2 heterocycles. The van der Waals surface area contributed by atoms with Crippen LogP contribution in [0.25, 0.3) is 87.7 Å². The summed E-state index contributed by atoms with van der Waals surface area (Å²) >= 11 is 0. The van der Waals surface area contributed by atoms with Crippen LogP contribution in [-0.2, 0) is 0 Å². The van der Waals surface area contributed by atoms with Crippen LogP contribution in [0.5, 0.6) is 0 Å². The first-order valence-electron chi connectivity index (χ1n) is 27.8. The van der Waals surface area contributed by atoms with E-state index in [4.69, 9.17) is 8.83 Å². The third kappa shape index (κ3) is 9.09. The molecule has 0 spiro atoms. The lowest BCUT2D eigenvalue weighted by Gasteiger charge is -2.28. The Bertz CT molecular complexity index is 4390. The molecule has 13 aromatic rings. The van der Waals surface area contributed by atoms with E-state index < -0.39 is 24.2 Å². The molecule has 0 amide bonds. The highest BCUT2D eigenvalue weighted by Crippen LogP contribution is 2.52. The van der Waals surface area contributed by atoms with Gasteiger partial charge in [-0.05, 0) is 137 Å². The Morgan fingerprint density at radius 1 is 0.304 bits per heavy atom. The van der Waals surface area contributed by atoms with Crippen LogP contribution >= 0.6 is 0 Å². The molecule has 0 saturated heterocycles. The highest BCUT2D eigenvalue weighted by Gasteiger charge is 2.28. The molecule has 0 aliphatic rings. The highest BCUT2D eigenvalue weighted by atomic mass is 28.3. The first-order valence-corrected chi connectivity index (χ1v) is 38.3. The van der Waals surface area contributed by atoms with E-state index >= 15 is 0 Å². The maximum Gasteiger partial charge on any atom is 0.179 e. The van der Waals surface area contributed by atoms with E-state index in [0.717, 1.165) is 122 Å². The normalized spacial score (nSPS) is 12.4. The zero-order valence-corrected chi connectivity index (χ0v) is 50.0. The third-order valence-electron chi connectivity index (χ3n) is 16.1. The van der Waals surface area contributed by atoms with Gasteiger partial charge in [-0.15, -0.1) is 0 Å². The topological polar surface area (TPSA) is 32.8 Å². The Morgan fingerprint density at radius 2 is 0.620 bits per heavy atom. The molecule has 79 heavy (non-hydrogen) atoms. The van der Waals surface area contributed by atoms with Crippen molar-refractivity contribution in [3.63, 3.8) is 0 Å². The van der Waals surface area contributed by atoms with Crippen molar-refractivity contribution >= 4 is 139 Å². The number of aryl methyl sites for hydroxylation is 1. The molecule has 7 heteroatoms. The molecule has 388 valence electrons. The number of benzene rings is 11. The molecule has 13 rings (SSSR count). The van der Waals surface area contributed by atoms with E-state index in [1.807, 2.05) is 0 Å². The van der Waals surface area contributed by atoms with E-state index in [-0.39, 0.29) is 0 Å². The lowest BCUT2D eigenvalue weighted by Crippen LogP contribution is -2.37. The molecular weight excluding hydrogens is 1010 g/mol. The predicted molar refractivity (Wildman–Crippen MR) is 350 cm³/mol. The van der Waals surface area contributed by atoms with Crippen LogP contribution in [0.2, 0.25) is 58.9 Å². The van der Waals surface area contributed by atoms with Crippen molar-refractivity contribution in [3.05, 3.63) is 224 Å². The molecule has 0 radical (unpaired) electrons. The quantitative estimate of drug-likeness (QED) is 0.121.